The predicted octanol–water partition coefficient (Wildman–Crippen LogP) is 6.25. The van der Waals surface area contributed by atoms with Crippen LogP contribution in [0.2, 0.25) is 10.0 Å². The highest BCUT2D eigenvalue weighted by Crippen LogP contribution is 2.29. The minimum atomic E-state index is 0.544. The molecule has 0 saturated carbocycles. The van der Waals surface area contributed by atoms with Gasteiger partial charge in [-0.3, -0.25) is 0 Å². The second kappa shape index (κ2) is 7.39. The summed E-state index contributed by atoms with van der Waals surface area (Å²) in [4.78, 5) is 5.68. The summed E-state index contributed by atoms with van der Waals surface area (Å²) < 4.78 is 2.12. The number of allylic oxidation sites excluding steroid dienone is 1. The van der Waals surface area contributed by atoms with Crippen molar-refractivity contribution in [2.24, 2.45) is 4.99 Å². The average Bonchev–Trinajstić information content (AvgIpc) is 2.95. The molecular weight excluding hydrogens is 359 g/mol. The summed E-state index contributed by atoms with van der Waals surface area (Å²) in [6, 6.07) is 13.8. The molecule has 0 radical (unpaired) electrons. The third kappa shape index (κ3) is 3.64. The van der Waals surface area contributed by atoms with Crippen molar-refractivity contribution in [1.82, 2.24) is 4.57 Å². The Labute approximate surface area is 155 Å². The van der Waals surface area contributed by atoms with Crippen molar-refractivity contribution in [1.29, 1.82) is 0 Å². The van der Waals surface area contributed by atoms with Gasteiger partial charge in [-0.25, -0.2) is 4.99 Å². The minimum absolute atomic E-state index is 0.544. The van der Waals surface area contributed by atoms with E-state index in [-0.39, 0.29) is 0 Å². The molecule has 0 aliphatic carbocycles. The molecule has 0 unspecified atom stereocenters. The van der Waals surface area contributed by atoms with Gasteiger partial charge in [0.2, 0.25) is 0 Å². The molecule has 0 N–H and O–H groups in total. The van der Waals surface area contributed by atoms with E-state index in [0.29, 0.717) is 16.6 Å². The lowest BCUT2D eigenvalue weighted by molar-refractivity contribution is 0.800. The molecule has 2 aromatic carbocycles. The quantitative estimate of drug-likeness (QED) is 0.480. The molecule has 0 aliphatic heterocycles. The van der Waals surface area contributed by atoms with Crippen LogP contribution in [-0.2, 0) is 6.54 Å². The van der Waals surface area contributed by atoms with Crippen molar-refractivity contribution in [2.45, 2.75) is 13.5 Å². The van der Waals surface area contributed by atoms with E-state index < -0.39 is 0 Å². The van der Waals surface area contributed by atoms with Gasteiger partial charge in [0, 0.05) is 17.5 Å². The Morgan fingerprint density at radius 1 is 1.12 bits per heavy atom. The molecule has 3 aromatic rings. The second-order valence-corrected chi connectivity index (χ2v) is 7.03. The molecule has 1 aromatic heterocycles. The molecular formula is C19H16Cl2N2S. The van der Waals surface area contributed by atoms with E-state index in [9.17, 15) is 0 Å². The molecule has 0 saturated heterocycles. The fourth-order valence-corrected chi connectivity index (χ4v) is 3.58. The van der Waals surface area contributed by atoms with Crippen molar-refractivity contribution < 1.29 is 0 Å². The molecule has 0 aliphatic rings. The first kappa shape index (κ1) is 17.0. The third-order valence-corrected chi connectivity index (χ3v) is 5.19. The van der Waals surface area contributed by atoms with E-state index in [1.165, 1.54) is 5.56 Å². The van der Waals surface area contributed by atoms with Crippen LogP contribution in [0.1, 0.15) is 5.56 Å². The zero-order chi connectivity index (χ0) is 17.1. The van der Waals surface area contributed by atoms with Crippen LogP contribution >= 0.6 is 34.5 Å². The van der Waals surface area contributed by atoms with Crippen LogP contribution in [0.15, 0.2) is 65.5 Å². The number of rotatable bonds is 4. The summed E-state index contributed by atoms with van der Waals surface area (Å²) in [6.07, 6.45) is 1.86. The molecule has 0 amide bonds. The average molecular weight is 375 g/mol. The zero-order valence-electron chi connectivity index (χ0n) is 13.2. The zero-order valence-corrected chi connectivity index (χ0v) is 15.5. The third-order valence-electron chi connectivity index (χ3n) is 3.58. The number of hydrogen-bond donors (Lipinski definition) is 0. The monoisotopic (exact) mass is 374 g/mol. The SMILES string of the molecule is C=CCn1c(-c2ccc(Cl)c(Cl)c2)csc1=Nc1ccc(C)cc1. The number of thiazole rings is 1. The van der Waals surface area contributed by atoms with Gasteiger partial charge in [0.25, 0.3) is 0 Å². The number of hydrogen-bond acceptors (Lipinski definition) is 2. The highest BCUT2D eigenvalue weighted by molar-refractivity contribution is 7.07. The molecule has 24 heavy (non-hydrogen) atoms. The molecule has 1 heterocycles. The standard InChI is InChI=1S/C19H16Cl2N2S/c1-3-10-23-18(14-6-9-16(20)17(21)11-14)12-24-19(23)22-15-7-4-13(2)5-8-15/h3-9,11-12H,1,10H2,2H3. The van der Waals surface area contributed by atoms with Gasteiger partial charge < -0.3 is 4.57 Å². The van der Waals surface area contributed by atoms with Gasteiger partial charge in [0.1, 0.15) is 0 Å². The lowest BCUT2D eigenvalue weighted by Gasteiger charge is -2.07. The van der Waals surface area contributed by atoms with Crippen LogP contribution < -0.4 is 4.80 Å². The van der Waals surface area contributed by atoms with E-state index in [4.69, 9.17) is 28.2 Å². The summed E-state index contributed by atoms with van der Waals surface area (Å²) in [6.45, 7) is 6.59. The smallest absolute Gasteiger partial charge is 0.190 e. The van der Waals surface area contributed by atoms with E-state index in [1.807, 2.05) is 36.4 Å². The number of benzene rings is 2. The summed E-state index contributed by atoms with van der Waals surface area (Å²) in [7, 11) is 0. The van der Waals surface area contributed by atoms with Crippen molar-refractivity contribution in [2.75, 3.05) is 0 Å². The first-order valence-electron chi connectivity index (χ1n) is 7.44. The van der Waals surface area contributed by atoms with E-state index in [2.05, 4.69) is 35.6 Å². The Bertz CT molecular complexity index is 937. The molecule has 0 bridgehead atoms. The van der Waals surface area contributed by atoms with Gasteiger partial charge in [-0.05, 0) is 31.2 Å². The van der Waals surface area contributed by atoms with Crippen molar-refractivity contribution >= 4 is 40.2 Å². The van der Waals surface area contributed by atoms with Gasteiger partial charge in [-0.1, -0.05) is 53.0 Å². The van der Waals surface area contributed by atoms with Gasteiger partial charge in [0.05, 0.1) is 21.4 Å². The summed E-state index contributed by atoms with van der Waals surface area (Å²) in [5.41, 5.74) is 4.20. The molecule has 3 rings (SSSR count). The molecule has 0 fully saturated rings. The first-order chi connectivity index (χ1) is 11.6. The maximum absolute atomic E-state index is 6.16. The maximum atomic E-state index is 6.16. The predicted molar refractivity (Wildman–Crippen MR) is 104 cm³/mol. The molecule has 0 atom stereocenters. The van der Waals surface area contributed by atoms with Crippen molar-refractivity contribution in [3.63, 3.8) is 0 Å². The van der Waals surface area contributed by atoms with Crippen LogP contribution in [0.25, 0.3) is 11.3 Å². The van der Waals surface area contributed by atoms with Crippen LogP contribution in [0.4, 0.5) is 5.69 Å². The van der Waals surface area contributed by atoms with Crippen LogP contribution in [0.3, 0.4) is 0 Å². The van der Waals surface area contributed by atoms with Gasteiger partial charge >= 0.3 is 0 Å². The highest BCUT2D eigenvalue weighted by Gasteiger charge is 2.09. The maximum Gasteiger partial charge on any atom is 0.190 e. The number of nitrogens with zero attached hydrogens (tertiary/aromatic N) is 2. The van der Waals surface area contributed by atoms with Gasteiger partial charge in [0.15, 0.2) is 4.80 Å². The molecule has 2 nitrogen and oxygen atoms in total. The highest BCUT2D eigenvalue weighted by atomic mass is 35.5. The lowest BCUT2D eigenvalue weighted by atomic mass is 10.2. The van der Waals surface area contributed by atoms with E-state index >= 15 is 0 Å². The first-order valence-corrected chi connectivity index (χ1v) is 9.08. The Morgan fingerprint density at radius 2 is 1.88 bits per heavy atom. The fraction of sp³-hybridized carbons (Fsp3) is 0.105. The Kier molecular flexibility index (Phi) is 5.24. The summed E-state index contributed by atoms with van der Waals surface area (Å²) in [5.74, 6) is 0. The van der Waals surface area contributed by atoms with Crippen LogP contribution in [0.5, 0.6) is 0 Å². The number of aromatic nitrogens is 1. The normalized spacial score (nSPS) is 11.7. The fourth-order valence-electron chi connectivity index (χ4n) is 2.34. The Hall–Kier alpha value is -1.81. The van der Waals surface area contributed by atoms with Crippen molar-refractivity contribution in [3.8, 4) is 11.3 Å². The number of halogens is 2. The second-order valence-electron chi connectivity index (χ2n) is 5.38. The molecule has 122 valence electrons. The Balaban J connectivity index is 2.12. The topological polar surface area (TPSA) is 17.3 Å². The molecule has 0 spiro atoms. The number of aryl methyl sites for hydroxylation is 1. The van der Waals surface area contributed by atoms with Crippen molar-refractivity contribution in [3.05, 3.63) is 80.9 Å². The minimum Gasteiger partial charge on any atom is -0.313 e. The van der Waals surface area contributed by atoms with Crippen LogP contribution in [0, 0.1) is 6.92 Å². The van der Waals surface area contributed by atoms with E-state index in [0.717, 1.165) is 21.7 Å². The largest absolute Gasteiger partial charge is 0.313 e. The lowest BCUT2D eigenvalue weighted by Crippen LogP contribution is -2.14. The Morgan fingerprint density at radius 3 is 2.54 bits per heavy atom. The van der Waals surface area contributed by atoms with Gasteiger partial charge in [-0.15, -0.1) is 17.9 Å². The van der Waals surface area contributed by atoms with Gasteiger partial charge in [-0.2, -0.15) is 0 Å². The molecule has 5 heteroatoms. The van der Waals surface area contributed by atoms with Crippen LogP contribution in [-0.4, -0.2) is 4.57 Å². The summed E-state index contributed by atoms with van der Waals surface area (Å²) in [5, 5.41) is 3.17. The van der Waals surface area contributed by atoms with E-state index in [1.54, 1.807) is 11.3 Å². The summed E-state index contributed by atoms with van der Waals surface area (Å²) >= 11 is 13.8.